The van der Waals surface area contributed by atoms with Gasteiger partial charge in [0.05, 0.1) is 5.69 Å². The first-order valence-corrected chi connectivity index (χ1v) is 11.3. The Hall–Kier alpha value is -3.36. The zero-order valence-corrected chi connectivity index (χ0v) is 18.8. The fourth-order valence-corrected chi connectivity index (χ4v) is 4.43. The molecule has 0 spiro atoms. The van der Waals surface area contributed by atoms with Crippen molar-refractivity contribution in [3.8, 4) is 0 Å². The van der Waals surface area contributed by atoms with Crippen LogP contribution in [0, 0.1) is 18.7 Å². The van der Waals surface area contributed by atoms with Gasteiger partial charge in [0, 0.05) is 25.9 Å². The Kier molecular flexibility index (Phi) is 6.96. The van der Waals surface area contributed by atoms with Gasteiger partial charge in [-0.05, 0) is 62.3 Å². The molecule has 33 heavy (non-hydrogen) atoms. The van der Waals surface area contributed by atoms with Crippen LogP contribution in [0.3, 0.4) is 0 Å². The molecule has 1 unspecified atom stereocenters. The number of rotatable bonds is 6. The molecule has 174 valence electrons. The third-order valence-corrected chi connectivity index (χ3v) is 6.13. The van der Waals surface area contributed by atoms with Crippen molar-refractivity contribution in [1.29, 1.82) is 0 Å². The van der Waals surface area contributed by atoms with Crippen LogP contribution in [-0.2, 0) is 16.2 Å². The lowest BCUT2D eigenvalue weighted by atomic mass is 9.81. The van der Waals surface area contributed by atoms with Crippen molar-refractivity contribution >= 4 is 17.5 Å². The lowest BCUT2D eigenvalue weighted by Crippen LogP contribution is -2.38. The quantitative estimate of drug-likeness (QED) is 0.699. The molecule has 1 saturated carbocycles. The Labute approximate surface area is 192 Å². The van der Waals surface area contributed by atoms with Crippen LogP contribution < -0.4 is 10.6 Å². The number of halogens is 1. The van der Waals surface area contributed by atoms with E-state index >= 15 is 0 Å². The fourth-order valence-electron chi connectivity index (χ4n) is 4.43. The predicted molar refractivity (Wildman–Crippen MR) is 120 cm³/mol. The number of hydrogen-bond donors (Lipinski definition) is 2. The molecule has 1 aliphatic carbocycles. The molecule has 0 radical (unpaired) electrons. The van der Waals surface area contributed by atoms with Gasteiger partial charge in [-0.25, -0.2) is 14.4 Å². The summed E-state index contributed by atoms with van der Waals surface area (Å²) in [4.78, 5) is 38.4. The van der Waals surface area contributed by atoms with Crippen molar-refractivity contribution in [3.63, 3.8) is 0 Å². The van der Waals surface area contributed by atoms with Gasteiger partial charge in [-0.1, -0.05) is 17.3 Å². The minimum atomic E-state index is -0.335. The van der Waals surface area contributed by atoms with Crippen molar-refractivity contribution in [1.82, 2.24) is 20.6 Å². The molecule has 1 aromatic carbocycles. The van der Waals surface area contributed by atoms with Gasteiger partial charge in [-0.3, -0.25) is 9.59 Å². The summed E-state index contributed by atoms with van der Waals surface area (Å²) in [7, 11) is 0. The molecule has 2 heterocycles. The number of aryl methyl sites for hydroxylation is 1. The molecule has 1 fully saturated rings. The highest BCUT2D eigenvalue weighted by Crippen LogP contribution is 2.33. The largest absolute Gasteiger partial charge is 0.391 e. The van der Waals surface area contributed by atoms with E-state index in [1.54, 1.807) is 32.0 Å². The summed E-state index contributed by atoms with van der Waals surface area (Å²) in [6, 6.07) is 7.83. The average molecular weight is 454 g/mol. The topological polar surface area (TPSA) is 106 Å². The van der Waals surface area contributed by atoms with Gasteiger partial charge >= 0.3 is 0 Å². The summed E-state index contributed by atoms with van der Waals surface area (Å²) in [6.45, 7) is 3.55. The van der Waals surface area contributed by atoms with Gasteiger partial charge in [0.15, 0.2) is 0 Å². The smallest absolute Gasteiger partial charge is 0.270 e. The maximum atomic E-state index is 13.1. The summed E-state index contributed by atoms with van der Waals surface area (Å²) in [5, 5.41) is 10.1. The van der Waals surface area contributed by atoms with Crippen molar-refractivity contribution in [2.75, 3.05) is 0 Å². The van der Waals surface area contributed by atoms with Crippen molar-refractivity contribution in [2.24, 2.45) is 11.1 Å². The minimum Gasteiger partial charge on any atom is -0.391 e. The highest BCUT2D eigenvalue weighted by molar-refractivity contribution is 6.01. The van der Waals surface area contributed by atoms with E-state index < -0.39 is 0 Å². The van der Waals surface area contributed by atoms with Crippen LogP contribution in [0.15, 0.2) is 35.5 Å². The van der Waals surface area contributed by atoms with E-state index in [1.807, 2.05) is 0 Å². The zero-order valence-electron chi connectivity index (χ0n) is 18.8. The lowest BCUT2D eigenvalue weighted by Gasteiger charge is -2.31. The monoisotopic (exact) mass is 453 g/mol. The number of nitrogens with one attached hydrogen (secondary N) is 2. The molecule has 2 aromatic rings. The second kappa shape index (κ2) is 10.1. The van der Waals surface area contributed by atoms with E-state index in [9.17, 15) is 14.0 Å². The van der Waals surface area contributed by atoms with Crippen LogP contribution in [0.1, 0.15) is 66.6 Å². The molecule has 1 atom stereocenters. The molecule has 2 N–H and O–H groups in total. The van der Waals surface area contributed by atoms with Crippen LogP contribution >= 0.6 is 0 Å². The molecule has 9 heteroatoms. The van der Waals surface area contributed by atoms with Gasteiger partial charge in [0.1, 0.15) is 29.2 Å². The number of hydrogen-bond acceptors (Lipinski definition) is 6. The normalized spacial score (nSPS) is 22.3. The number of amides is 2. The maximum absolute atomic E-state index is 13.1. The third-order valence-electron chi connectivity index (χ3n) is 6.13. The summed E-state index contributed by atoms with van der Waals surface area (Å²) in [5.41, 5.74) is 2.34. The van der Waals surface area contributed by atoms with E-state index in [0.29, 0.717) is 29.6 Å². The Morgan fingerprint density at radius 2 is 1.85 bits per heavy atom. The number of benzene rings is 1. The number of aromatic nitrogens is 2. The Morgan fingerprint density at radius 1 is 1.12 bits per heavy atom. The van der Waals surface area contributed by atoms with Crippen molar-refractivity contribution in [3.05, 3.63) is 58.9 Å². The summed E-state index contributed by atoms with van der Waals surface area (Å²) < 4.78 is 13.1. The van der Waals surface area contributed by atoms with Crippen LogP contribution in [-0.4, -0.2) is 39.6 Å². The summed E-state index contributed by atoms with van der Waals surface area (Å²) in [5.74, 6) is 0.204. The second-order valence-electron chi connectivity index (χ2n) is 8.69. The van der Waals surface area contributed by atoms with Crippen LogP contribution in [0.2, 0.25) is 0 Å². The second-order valence-corrected chi connectivity index (χ2v) is 8.69. The standard InChI is InChI=1S/C24H28FN5O3/c1-14-27-20(11-22(28-14)24(32)26-13-16-3-7-18(25)8-4-16)21-12-23(33-30-21)17-5-9-19(10-6-17)29-15(2)31/h3-4,7-8,11,17,19,23H,5-6,9-10,12-13H2,1-2H3,(H,26,32)(H,29,31). The van der Waals surface area contributed by atoms with Crippen LogP contribution in [0.5, 0.6) is 0 Å². The molecule has 8 nitrogen and oxygen atoms in total. The van der Waals surface area contributed by atoms with E-state index in [0.717, 1.165) is 31.2 Å². The highest BCUT2D eigenvalue weighted by atomic mass is 19.1. The number of nitrogens with zero attached hydrogens (tertiary/aromatic N) is 3. The number of oxime groups is 1. The van der Waals surface area contributed by atoms with Gasteiger partial charge < -0.3 is 15.5 Å². The molecular formula is C24H28FN5O3. The molecule has 1 aliphatic heterocycles. The van der Waals surface area contributed by atoms with E-state index in [-0.39, 0.29) is 42.0 Å². The SMILES string of the molecule is CC(=O)NC1CCC(C2CC(c3cc(C(=O)NCc4ccc(F)cc4)nc(C)n3)=NO2)CC1. The van der Waals surface area contributed by atoms with Gasteiger partial charge in [-0.15, -0.1) is 0 Å². The first-order chi connectivity index (χ1) is 15.9. The van der Waals surface area contributed by atoms with Crippen molar-refractivity contribution < 1.29 is 18.8 Å². The molecule has 4 rings (SSSR count). The fraction of sp³-hybridized carbons (Fsp3) is 0.458. The third kappa shape index (κ3) is 5.91. The lowest BCUT2D eigenvalue weighted by molar-refractivity contribution is -0.120. The Bertz CT molecular complexity index is 1050. The van der Waals surface area contributed by atoms with E-state index in [1.165, 1.54) is 12.1 Å². The molecular weight excluding hydrogens is 425 g/mol. The zero-order chi connectivity index (χ0) is 23.4. The minimum absolute atomic E-state index is 0.0119. The van der Waals surface area contributed by atoms with E-state index in [4.69, 9.17) is 4.84 Å². The molecule has 0 saturated heterocycles. The highest BCUT2D eigenvalue weighted by Gasteiger charge is 2.34. The predicted octanol–water partition coefficient (Wildman–Crippen LogP) is 3.04. The number of carbonyl (C=O) groups is 2. The number of carbonyl (C=O) groups excluding carboxylic acids is 2. The first-order valence-electron chi connectivity index (χ1n) is 11.3. The Balaban J connectivity index is 1.35. The summed E-state index contributed by atoms with van der Waals surface area (Å²) in [6.07, 6.45) is 4.41. The maximum Gasteiger partial charge on any atom is 0.270 e. The molecule has 2 aliphatic rings. The van der Waals surface area contributed by atoms with Crippen LogP contribution in [0.4, 0.5) is 4.39 Å². The molecule has 1 aromatic heterocycles. The van der Waals surface area contributed by atoms with E-state index in [2.05, 4.69) is 25.8 Å². The van der Waals surface area contributed by atoms with Gasteiger partial charge in [-0.2, -0.15) is 0 Å². The Morgan fingerprint density at radius 3 is 2.55 bits per heavy atom. The van der Waals surface area contributed by atoms with Gasteiger partial charge in [0.2, 0.25) is 5.91 Å². The van der Waals surface area contributed by atoms with Crippen LogP contribution in [0.25, 0.3) is 0 Å². The van der Waals surface area contributed by atoms with Crippen molar-refractivity contribution in [2.45, 2.75) is 64.6 Å². The van der Waals surface area contributed by atoms with Gasteiger partial charge in [0.25, 0.3) is 5.91 Å². The first kappa shape index (κ1) is 22.8. The molecule has 2 amide bonds. The summed E-state index contributed by atoms with van der Waals surface area (Å²) >= 11 is 0. The molecule has 0 bridgehead atoms. The average Bonchev–Trinajstić information content (AvgIpc) is 3.28.